The summed E-state index contributed by atoms with van der Waals surface area (Å²) in [6.07, 6.45) is 12.9. The highest BCUT2D eigenvalue weighted by atomic mass is 127. The van der Waals surface area contributed by atoms with E-state index in [2.05, 4.69) is 73.5 Å². The third-order valence-corrected chi connectivity index (χ3v) is 7.00. The first kappa shape index (κ1) is 21.8. The van der Waals surface area contributed by atoms with Gasteiger partial charge in [0, 0.05) is 36.7 Å². The number of nitrogens with zero attached hydrogens (tertiary/aromatic N) is 2. The summed E-state index contributed by atoms with van der Waals surface area (Å²) in [5.74, 6) is 0.712. The van der Waals surface area contributed by atoms with Crippen LogP contribution >= 0.6 is 45.2 Å². The zero-order valence-corrected chi connectivity index (χ0v) is 19.7. The average molecular weight is 581 g/mol. The van der Waals surface area contributed by atoms with Crippen LogP contribution in [-0.4, -0.2) is 16.0 Å². The maximum atomic E-state index is 12.5. The minimum absolute atomic E-state index is 0.373. The van der Waals surface area contributed by atoms with Crippen molar-refractivity contribution in [3.63, 3.8) is 0 Å². The molecular weight excluding hydrogens is 555 g/mol. The molecule has 1 fully saturated rings. The van der Waals surface area contributed by atoms with E-state index in [4.69, 9.17) is 0 Å². The Morgan fingerprint density at radius 2 is 1.42 bits per heavy atom. The first-order chi connectivity index (χ1) is 12.5. The molecule has 2 heterocycles. The number of nitrogens with one attached hydrogen (secondary N) is 1. The number of pyridine rings is 2. The van der Waals surface area contributed by atoms with Gasteiger partial charge in [-0.25, -0.2) is 9.97 Å². The van der Waals surface area contributed by atoms with Gasteiger partial charge < -0.3 is 5.32 Å². The highest BCUT2D eigenvalue weighted by molar-refractivity contribution is 14.1. The fourth-order valence-electron chi connectivity index (χ4n) is 2.94. The molecule has 1 saturated carbocycles. The Balaban J connectivity index is 0.000000228. The normalized spacial score (nSPS) is 15.4. The zero-order valence-electron chi connectivity index (χ0n) is 15.4. The van der Waals surface area contributed by atoms with Crippen molar-refractivity contribution >= 4 is 51.0 Å². The van der Waals surface area contributed by atoms with Crippen LogP contribution in [0.4, 0.5) is 10.2 Å². The van der Waals surface area contributed by atoms with Gasteiger partial charge in [0.15, 0.2) is 0 Å². The predicted octanol–water partition coefficient (Wildman–Crippen LogP) is 6.65. The van der Waals surface area contributed by atoms with E-state index >= 15 is 0 Å². The van der Waals surface area contributed by atoms with Gasteiger partial charge in [0.25, 0.3) is 0 Å². The number of halogens is 3. The number of hydrogen-bond donors (Lipinski definition) is 1. The van der Waals surface area contributed by atoms with Crippen LogP contribution in [-0.2, 0) is 0 Å². The molecule has 1 aliphatic carbocycles. The smallest absolute Gasteiger partial charge is 0.216 e. The van der Waals surface area contributed by atoms with Crippen molar-refractivity contribution in [3.05, 3.63) is 48.7 Å². The first-order valence-corrected chi connectivity index (χ1v) is 11.3. The van der Waals surface area contributed by atoms with E-state index in [9.17, 15) is 4.39 Å². The lowest BCUT2D eigenvalue weighted by Gasteiger charge is -2.22. The van der Waals surface area contributed by atoms with Crippen LogP contribution in [0.1, 0.15) is 56.1 Å². The summed E-state index contributed by atoms with van der Waals surface area (Å²) in [5.41, 5.74) is 1.91. The number of rotatable bonds is 2. The highest BCUT2D eigenvalue weighted by Gasteiger charge is 2.13. The second kappa shape index (κ2) is 11.4. The van der Waals surface area contributed by atoms with Crippen molar-refractivity contribution in [1.82, 2.24) is 9.97 Å². The topological polar surface area (TPSA) is 37.8 Å². The third kappa shape index (κ3) is 6.90. The monoisotopic (exact) mass is 581 g/mol. The molecule has 0 bridgehead atoms. The van der Waals surface area contributed by atoms with Gasteiger partial charge in [-0.15, -0.1) is 0 Å². The molecule has 0 aromatic carbocycles. The summed E-state index contributed by atoms with van der Waals surface area (Å²) in [7, 11) is 0. The Morgan fingerprint density at radius 3 is 2.00 bits per heavy atom. The van der Waals surface area contributed by atoms with Crippen molar-refractivity contribution in [2.24, 2.45) is 0 Å². The van der Waals surface area contributed by atoms with Gasteiger partial charge >= 0.3 is 0 Å². The van der Waals surface area contributed by atoms with Crippen molar-refractivity contribution in [2.45, 2.75) is 64.8 Å². The molecule has 0 aliphatic heterocycles. The molecule has 0 spiro atoms. The van der Waals surface area contributed by atoms with Crippen LogP contribution in [0.15, 0.2) is 24.5 Å². The molecule has 3 rings (SSSR count). The van der Waals surface area contributed by atoms with Crippen LogP contribution in [0.3, 0.4) is 0 Å². The summed E-state index contributed by atoms with van der Waals surface area (Å²) >= 11 is 4.45. The molecule has 142 valence electrons. The predicted molar refractivity (Wildman–Crippen MR) is 123 cm³/mol. The SMILES string of the molecule is Cc1c(I)ccnc1F.Cc1c(I)ccnc1NC1CCCCCCC1. The summed E-state index contributed by atoms with van der Waals surface area (Å²) < 4.78 is 14.7. The summed E-state index contributed by atoms with van der Waals surface area (Å²) in [4.78, 5) is 7.94. The Labute approximate surface area is 183 Å². The number of aromatic nitrogens is 2. The van der Waals surface area contributed by atoms with E-state index in [0.717, 1.165) is 9.39 Å². The van der Waals surface area contributed by atoms with Crippen LogP contribution in [0.25, 0.3) is 0 Å². The maximum absolute atomic E-state index is 12.5. The van der Waals surface area contributed by atoms with Crippen LogP contribution in [0.2, 0.25) is 0 Å². The Kier molecular flexibility index (Phi) is 9.52. The molecule has 2 aromatic heterocycles. The van der Waals surface area contributed by atoms with Crippen LogP contribution < -0.4 is 5.32 Å². The molecule has 0 saturated heterocycles. The Morgan fingerprint density at radius 1 is 0.885 bits per heavy atom. The van der Waals surface area contributed by atoms with E-state index in [0.29, 0.717) is 11.6 Å². The molecule has 0 unspecified atom stereocenters. The van der Waals surface area contributed by atoms with Crippen LogP contribution in [0.5, 0.6) is 0 Å². The van der Waals surface area contributed by atoms with Gasteiger partial charge in [0.2, 0.25) is 5.95 Å². The van der Waals surface area contributed by atoms with E-state index in [1.54, 1.807) is 13.0 Å². The summed E-state index contributed by atoms with van der Waals surface area (Å²) in [6.45, 7) is 3.87. The maximum Gasteiger partial charge on any atom is 0.216 e. The summed E-state index contributed by atoms with van der Waals surface area (Å²) in [5, 5.41) is 3.64. The molecule has 26 heavy (non-hydrogen) atoms. The van der Waals surface area contributed by atoms with E-state index < -0.39 is 0 Å². The average Bonchev–Trinajstić information content (AvgIpc) is 2.59. The van der Waals surface area contributed by atoms with E-state index in [-0.39, 0.29) is 5.95 Å². The molecular formula is C20H26FI2N3. The fraction of sp³-hybridized carbons (Fsp3) is 0.500. The largest absolute Gasteiger partial charge is 0.367 e. The van der Waals surface area contributed by atoms with Gasteiger partial charge in [0.05, 0.1) is 0 Å². The molecule has 1 aliphatic rings. The summed E-state index contributed by atoms with van der Waals surface area (Å²) in [6, 6.07) is 4.47. The fourth-order valence-corrected chi connectivity index (χ4v) is 3.74. The van der Waals surface area contributed by atoms with Crippen molar-refractivity contribution in [1.29, 1.82) is 0 Å². The first-order valence-electron chi connectivity index (χ1n) is 9.13. The van der Waals surface area contributed by atoms with E-state index in [1.165, 1.54) is 60.3 Å². The quantitative estimate of drug-likeness (QED) is 0.319. The minimum atomic E-state index is -0.373. The molecule has 0 radical (unpaired) electrons. The zero-order chi connectivity index (χ0) is 18.9. The van der Waals surface area contributed by atoms with Crippen molar-refractivity contribution in [3.8, 4) is 0 Å². The van der Waals surface area contributed by atoms with E-state index in [1.807, 2.05) is 6.20 Å². The highest BCUT2D eigenvalue weighted by Crippen LogP contribution is 2.23. The lowest BCUT2D eigenvalue weighted by molar-refractivity contribution is 0.470. The molecule has 0 amide bonds. The lowest BCUT2D eigenvalue weighted by atomic mass is 9.96. The lowest BCUT2D eigenvalue weighted by Crippen LogP contribution is -2.22. The second-order valence-electron chi connectivity index (χ2n) is 6.66. The Bertz CT molecular complexity index is 681. The van der Waals surface area contributed by atoms with Gasteiger partial charge in [-0.1, -0.05) is 32.1 Å². The molecule has 6 heteroatoms. The van der Waals surface area contributed by atoms with Crippen LogP contribution in [0, 0.1) is 26.9 Å². The second-order valence-corrected chi connectivity index (χ2v) is 8.99. The van der Waals surface area contributed by atoms with Gasteiger partial charge in [-0.3, -0.25) is 0 Å². The van der Waals surface area contributed by atoms with Crippen molar-refractivity contribution in [2.75, 3.05) is 5.32 Å². The standard InChI is InChI=1S/C14H21IN2.C6H5FIN/c1-11-13(15)9-10-16-14(11)17-12-7-5-3-2-4-6-8-12;1-4-5(8)2-3-9-6(4)7/h9-10,12H,2-8H2,1H3,(H,16,17);2-3H,1H3. The molecule has 0 atom stereocenters. The van der Waals surface area contributed by atoms with Crippen molar-refractivity contribution < 1.29 is 4.39 Å². The van der Waals surface area contributed by atoms with Gasteiger partial charge in [0.1, 0.15) is 5.82 Å². The number of anilines is 1. The molecule has 2 aromatic rings. The third-order valence-electron chi connectivity index (χ3n) is 4.66. The molecule has 1 N–H and O–H groups in total. The molecule has 3 nitrogen and oxygen atoms in total. The van der Waals surface area contributed by atoms with Gasteiger partial charge in [-0.05, 0) is 84.0 Å². The Hall–Kier alpha value is -0.510. The minimum Gasteiger partial charge on any atom is -0.367 e. The number of hydrogen-bond acceptors (Lipinski definition) is 3. The van der Waals surface area contributed by atoms with Gasteiger partial charge in [-0.2, -0.15) is 4.39 Å².